The number of likely N-dealkylation sites (tertiary alicyclic amines) is 1. The van der Waals surface area contributed by atoms with E-state index in [4.69, 9.17) is 9.47 Å². The summed E-state index contributed by atoms with van der Waals surface area (Å²) in [6.07, 6.45) is 3.13. The van der Waals surface area contributed by atoms with Crippen molar-refractivity contribution in [1.82, 2.24) is 25.1 Å². The Morgan fingerprint density at radius 2 is 2.10 bits per heavy atom. The first-order valence-corrected chi connectivity index (χ1v) is 11.1. The van der Waals surface area contributed by atoms with E-state index >= 15 is 0 Å². The molecule has 8 nitrogen and oxygen atoms in total. The first kappa shape index (κ1) is 19.0. The number of fused-ring (bicyclic) bond motifs is 1. The van der Waals surface area contributed by atoms with Crippen molar-refractivity contribution in [2.45, 2.75) is 38.3 Å². The highest BCUT2D eigenvalue weighted by Crippen LogP contribution is 2.31. The highest BCUT2D eigenvalue weighted by atomic mass is 32.1. The Labute approximate surface area is 178 Å². The number of carbonyl (C=O) groups excluding carboxylic acids is 1. The van der Waals surface area contributed by atoms with Crippen LogP contribution in [-0.4, -0.2) is 56.8 Å². The zero-order chi connectivity index (χ0) is 20.3. The maximum absolute atomic E-state index is 12.9. The lowest BCUT2D eigenvalue weighted by atomic mass is 10.1. The van der Waals surface area contributed by atoms with Gasteiger partial charge >= 0.3 is 0 Å². The third-order valence-electron chi connectivity index (χ3n) is 5.50. The van der Waals surface area contributed by atoms with Crippen LogP contribution in [0.25, 0.3) is 10.7 Å². The molecule has 0 bridgehead atoms. The molecule has 9 heteroatoms. The number of aromatic nitrogens is 4. The Morgan fingerprint density at radius 1 is 1.20 bits per heavy atom. The summed E-state index contributed by atoms with van der Waals surface area (Å²) in [7, 11) is 0. The molecule has 1 aromatic carbocycles. The molecule has 0 saturated carbocycles. The van der Waals surface area contributed by atoms with Crippen LogP contribution in [0.5, 0.6) is 11.5 Å². The normalized spacial score (nSPS) is 18.0. The van der Waals surface area contributed by atoms with Crippen LogP contribution in [0.1, 0.15) is 24.8 Å². The summed E-state index contributed by atoms with van der Waals surface area (Å²) in [6.45, 7) is 2.51. The molecule has 0 spiro atoms. The molecule has 2 aromatic heterocycles. The van der Waals surface area contributed by atoms with Crippen LogP contribution in [0.3, 0.4) is 0 Å². The molecule has 1 fully saturated rings. The fraction of sp³-hybridized carbons (Fsp3) is 0.429. The van der Waals surface area contributed by atoms with Crippen molar-refractivity contribution >= 4 is 17.2 Å². The average molecular weight is 426 g/mol. The first-order chi connectivity index (χ1) is 14.8. The number of benzene rings is 1. The highest BCUT2D eigenvalue weighted by Gasteiger charge is 2.29. The van der Waals surface area contributed by atoms with Crippen molar-refractivity contribution in [3.63, 3.8) is 0 Å². The van der Waals surface area contributed by atoms with Gasteiger partial charge in [-0.05, 0) is 53.6 Å². The molecule has 0 aliphatic carbocycles. The van der Waals surface area contributed by atoms with E-state index in [1.54, 1.807) is 16.1 Å². The van der Waals surface area contributed by atoms with Gasteiger partial charge in [-0.1, -0.05) is 12.1 Å². The summed E-state index contributed by atoms with van der Waals surface area (Å²) in [6, 6.07) is 9.98. The van der Waals surface area contributed by atoms with Gasteiger partial charge < -0.3 is 14.4 Å². The van der Waals surface area contributed by atoms with Crippen molar-refractivity contribution in [2.24, 2.45) is 0 Å². The zero-order valence-electron chi connectivity index (χ0n) is 16.6. The number of thiophene rings is 1. The summed E-state index contributed by atoms with van der Waals surface area (Å²) in [5, 5.41) is 14.8. The van der Waals surface area contributed by atoms with Crippen LogP contribution in [0.15, 0.2) is 35.7 Å². The molecule has 1 saturated heterocycles. The maximum atomic E-state index is 12.9. The molecule has 30 heavy (non-hydrogen) atoms. The van der Waals surface area contributed by atoms with Gasteiger partial charge in [-0.2, -0.15) is 4.80 Å². The summed E-state index contributed by atoms with van der Waals surface area (Å²) >= 11 is 1.59. The molecule has 3 aromatic rings. The number of carbonyl (C=O) groups is 1. The van der Waals surface area contributed by atoms with E-state index in [1.807, 2.05) is 40.6 Å². The second kappa shape index (κ2) is 8.43. The van der Waals surface area contributed by atoms with Gasteiger partial charge in [0.25, 0.3) is 0 Å². The van der Waals surface area contributed by atoms with Crippen molar-refractivity contribution in [3.8, 4) is 22.2 Å². The van der Waals surface area contributed by atoms with Crippen molar-refractivity contribution in [1.29, 1.82) is 0 Å². The van der Waals surface area contributed by atoms with E-state index in [0.29, 0.717) is 38.4 Å². The van der Waals surface area contributed by atoms with Gasteiger partial charge in [0, 0.05) is 13.0 Å². The highest BCUT2D eigenvalue weighted by molar-refractivity contribution is 7.13. The smallest absolute Gasteiger partial charge is 0.223 e. The molecule has 2 aliphatic heterocycles. The van der Waals surface area contributed by atoms with Gasteiger partial charge in [-0.25, -0.2) is 0 Å². The van der Waals surface area contributed by atoms with Crippen LogP contribution in [0, 0.1) is 0 Å². The lowest BCUT2D eigenvalue weighted by molar-refractivity contribution is -0.132. The number of hydrogen-bond acceptors (Lipinski definition) is 7. The van der Waals surface area contributed by atoms with Crippen molar-refractivity contribution in [3.05, 3.63) is 41.3 Å². The Morgan fingerprint density at radius 3 is 2.97 bits per heavy atom. The third-order valence-corrected chi connectivity index (χ3v) is 6.37. The van der Waals surface area contributed by atoms with Gasteiger partial charge in [0.2, 0.25) is 11.7 Å². The Bertz CT molecular complexity index is 1020. The minimum Gasteiger partial charge on any atom is -0.486 e. The zero-order valence-corrected chi connectivity index (χ0v) is 17.4. The predicted octanol–water partition coefficient (Wildman–Crippen LogP) is 2.80. The van der Waals surface area contributed by atoms with Crippen LogP contribution < -0.4 is 9.47 Å². The topological polar surface area (TPSA) is 82.4 Å². The molecule has 0 radical (unpaired) electrons. The third kappa shape index (κ3) is 4.02. The van der Waals surface area contributed by atoms with E-state index in [9.17, 15) is 4.79 Å². The fourth-order valence-corrected chi connectivity index (χ4v) is 4.65. The van der Waals surface area contributed by atoms with E-state index < -0.39 is 0 Å². The Balaban J connectivity index is 1.19. The molecule has 4 heterocycles. The summed E-state index contributed by atoms with van der Waals surface area (Å²) in [5.74, 6) is 2.35. The lowest BCUT2D eigenvalue weighted by Gasteiger charge is -2.24. The molecule has 1 atom stereocenters. The summed E-state index contributed by atoms with van der Waals surface area (Å²) in [5.41, 5.74) is 1.09. The van der Waals surface area contributed by atoms with Crippen LogP contribution in [-0.2, 0) is 17.8 Å². The monoisotopic (exact) mass is 425 g/mol. The van der Waals surface area contributed by atoms with E-state index in [2.05, 4.69) is 15.4 Å². The standard InChI is InChI=1S/C21H23N5O3S/c27-20(8-6-15-5-7-17-18(13-15)29-11-10-28-17)25-9-1-3-16(25)14-26-23-21(22-24-26)19-4-2-12-30-19/h2,4-5,7,12-13,16H,1,3,6,8-11,14H2. The maximum Gasteiger partial charge on any atom is 0.223 e. The number of aryl methyl sites for hydroxylation is 1. The van der Waals surface area contributed by atoms with E-state index in [0.717, 1.165) is 41.3 Å². The predicted molar refractivity (Wildman–Crippen MR) is 112 cm³/mol. The first-order valence-electron chi connectivity index (χ1n) is 10.3. The van der Waals surface area contributed by atoms with Crippen LogP contribution in [0.4, 0.5) is 0 Å². The molecule has 1 amide bonds. The number of rotatable bonds is 6. The van der Waals surface area contributed by atoms with Crippen LogP contribution >= 0.6 is 11.3 Å². The van der Waals surface area contributed by atoms with Gasteiger partial charge in [0.05, 0.1) is 17.5 Å². The van der Waals surface area contributed by atoms with Crippen LogP contribution in [0.2, 0.25) is 0 Å². The number of ether oxygens (including phenoxy) is 2. The summed E-state index contributed by atoms with van der Waals surface area (Å²) in [4.78, 5) is 17.5. The fourth-order valence-electron chi connectivity index (χ4n) is 4.01. The van der Waals surface area contributed by atoms with Gasteiger partial charge in [0.15, 0.2) is 11.5 Å². The Kier molecular flexibility index (Phi) is 5.35. The lowest BCUT2D eigenvalue weighted by Crippen LogP contribution is -2.38. The molecule has 0 N–H and O–H groups in total. The summed E-state index contributed by atoms with van der Waals surface area (Å²) < 4.78 is 11.2. The number of tetrazole rings is 1. The SMILES string of the molecule is O=C(CCc1ccc2c(c1)OCCO2)N1CCCC1Cn1nnc(-c2cccs2)n1. The van der Waals surface area contributed by atoms with Crippen molar-refractivity contribution < 1.29 is 14.3 Å². The second-order valence-electron chi connectivity index (χ2n) is 7.51. The van der Waals surface area contributed by atoms with E-state index in [1.165, 1.54) is 0 Å². The number of hydrogen-bond donors (Lipinski definition) is 0. The van der Waals surface area contributed by atoms with Gasteiger partial charge in [0.1, 0.15) is 13.2 Å². The van der Waals surface area contributed by atoms with Gasteiger partial charge in [-0.15, -0.1) is 21.5 Å². The second-order valence-corrected chi connectivity index (χ2v) is 8.45. The Hall–Kier alpha value is -2.94. The molecule has 2 aliphatic rings. The average Bonchev–Trinajstić information content (AvgIpc) is 3.54. The molecule has 1 unspecified atom stereocenters. The number of amides is 1. The number of nitrogens with zero attached hydrogens (tertiary/aromatic N) is 5. The minimum absolute atomic E-state index is 0.114. The minimum atomic E-state index is 0.114. The molecule has 156 valence electrons. The molecule has 5 rings (SSSR count). The molecular weight excluding hydrogens is 402 g/mol. The quantitative estimate of drug-likeness (QED) is 0.604. The largest absolute Gasteiger partial charge is 0.486 e. The molecular formula is C21H23N5O3S. The van der Waals surface area contributed by atoms with Crippen molar-refractivity contribution in [2.75, 3.05) is 19.8 Å². The van der Waals surface area contributed by atoms with E-state index in [-0.39, 0.29) is 11.9 Å². The van der Waals surface area contributed by atoms with Gasteiger partial charge in [-0.3, -0.25) is 4.79 Å².